The second kappa shape index (κ2) is 6.42. The fraction of sp³-hybridized carbons (Fsp3) is 0.462. The molecule has 1 aliphatic rings. The maximum Gasteiger partial charge on any atom is 0.252 e. The minimum absolute atomic E-state index is 0.0703. The molecule has 1 aromatic rings. The average Bonchev–Trinajstić information content (AvgIpc) is 2.90. The summed E-state index contributed by atoms with van der Waals surface area (Å²) in [5.74, 6) is 1.13. The largest absolute Gasteiger partial charge is 0.493 e. The van der Waals surface area contributed by atoms with Gasteiger partial charge in [0.05, 0.1) is 19.8 Å². The van der Waals surface area contributed by atoms with E-state index in [0.29, 0.717) is 17.1 Å². The van der Waals surface area contributed by atoms with Crippen molar-refractivity contribution in [1.29, 1.82) is 0 Å². The van der Waals surface area contributed by atoms with Crippen LogP contribution in [0.1, 0.15) is 16.8 Å². The number of carbonyl (C=O) groups is 1. The molecule has 1 amide bonds. The molecule has 2 rings (SSSR count). The Kier molecular flexibility index (Phi) is 4.87. The fourth-order valence-corrected chi connectivity index (χ4v) is 2.75. The smallest absolute Gasteiger partial charge is 0.252 e. The quantitative estimate of drug-likeness (QED) is 0.781. The van der Waals surface area contributed by atoms with Crippen molar-refractivity contribution < 1.29 is 14.3 Å². The standard InChI is InChI=1S/C13H17IN2O3/c1-18-11-5-9(10(14)6-12(11)19-2)13(17)16-8-3-4-15-7-8/h5-6,8,15H,3-4,7H2,1-2H3,(H,16,17). The van der Waals surface area contributed by atoms with E-state index in [2.05, 4.69) is 33.2 Å². The van der Waals surface area contributed by atoms with Crippen LogP contribution in [-0.2, 0) is 0 Å². The monoisotopic (exact) mass is 376 g/mol. The lowest BCUT2D eigenvalue weighted by atomic mass is 10.1. The van der Waals surface area contributed by atoms with Crippen molar-refractivity contribution in [1.82, 2.24) is 10.6 Å². The Bertz CT molecular complexity index is 473. The zero-order valence-electron chi connectivity index (χ0n) is 11.0. The van der Waals surface area contributed by atoms with Gasteiger partial charge in [-0.1, -0.05) is 0 Å². The second-order valence-corrected chi connectivity index (χ2v) is 5.51. The third-order valence-electron chi connectivity index (χ3n) is 3.11. The molecule has 0 radical (unpaired) electrons. The Balaban J connectivity index is 2.20. The number of nitrogens with one attached hydrogen (secondary N) is 2. The SMILES string of the molecule is COc1cc(I)c(C(=O)NC2CCNC2)cc1OC. The van der Waals surface area contributed by atoms with Crippen LogP contribution < -0.4 is 20.1 Å². The number of carbonyl (C=O) groups excluding carboxylic acids is 1. The number of hydrogen-bond acceptors (Lipinski definition) is 4. The highest BCUT2D eigenvalue weighted by Gasteiger charge is 2.20. The summed E-state index contributed by atoms with van der Waals surface area (Å²) in [6.07, 6.45) is 0.968. The van der Waals surface area contributed by atoms with Crippen molar-refractivity contribution in [3.63, 3.8) is 0 Å². The second-order valence-electron chi connectivity index (χ2n) is 4.35. The number of methoxy groups -OCH3 is 2. The van der Waals surface area contributed by atoms with Crippen molar-refractivity contribution in [2.75, 3.05) is 27.3 Å². The molecular weight excluding hydrogens is 359 g/mol. The van der Waals surface area contributed by atoms with E-state index in [-0.39, 0.29) is 11.9 Å². The molecule has 0 aliphatic carbocycles. The summed E-state index contributed by atoms with van der Waals surface area (Å²) in [5.41, 5.74) is 0.616. The normalized spacial score (nSPS) is 18.2. The molecule has 0 bridgehead atoms. The van der Waals surface area contributed by atoms with Crippen LogP contribution in [-0.4, -0.2) is 39.3 Å². The molecule has 6 heteroatoms. The Morgan fingerprint density at radius 1 is 1.37 bits per heavy atom. The summed E-state index contributed by atoms with van der Waals surface area (Å²) in [5, 5.41) is 6.25. The zero-order valence-corrected chi connectivity index (χ0v) is 13.1. The van der Waals surface area contributed by atoms with Gasteiger partial charge in [0.15, 0.2) is 11.5 Å². The highest BCUT2D eigenvalue weighted by Crippen LogP contribution is 2.31. The minimum Gasteiger partial charge on any atom is -0.493 e. The fourth-order valence-electron chi connectivity index (χ4n) is 2.07. The Morgan fingerprint density at radius 3 is 2.63 bits per heavy atom. The maximum atomic E-state index is 12.2. The Morgan fingerprint density at radius 2 is 2.05 bits per heavy atom. The molecular formula is C13H17IN2O3. The van der Waals surface area contributed by atoms with Crippen molar-refractivity contribution in [2.24, 2.45) is 0 Å². The third kappa shape index (κ3) is 3.30. The lowest BCUT2D eigenvalue weighted by molar-refractivity contribution is 0.0938. The van der Waals surface area contributed by atoms with E-state index in [1.54, 1.807) is 26.4 Å². The van der Waals surface area contributed by atoms with Crippen molar-refractivity contribution in [2.45, 2.75) is 12.5 Å². The van der Waals surface area contributed by atoms with Gasteiger partial charge in [0.25, 0.3) is 5.91 Å². The van der Waals surface area contributed by atoms with Crippen LogP contribution in [0.25, 0.3) is 0 Å². The molecule has 5 nitrogen and oxygen atoms in total. The van der Waals surface area contributed by atoms with Crippen molar-refractivity contribution >= 4 is 28.5 Å². The van der Waals surface area contributed by atoms with E-state index in [1.165, 1.54) is 0 Å². The lowest BCUT2D eigenvalue weighted by Crippen LogP contribution is -2.36. The van der Waals surface area contributed by atoms with Crippen molar-refractivity contribution in [3.05, 3.63) is 21.3 Å². The van der Waals surface area contributed by atoms with Crippen LogP contribution in [0.5, 0.6) is 11.5 Å². The van der Waals surface area contributed by atoms with Gasteiger partial charge >= 0.3 is 0 Å². The summed E-state index contributed by atoms with van der Waals surface area (Å²) in [7, 11) is 3.14. The molecule has 1 aliphatic heterocycles. The summed E-state index contributed by atoms with van der Waals surface area (Å²) in [6.45, 7) is 1.78. The van der Waals surface area contributed by atoms with Gasteiger partial charge in [-0.15, -0.1) is 0 Å². The first kappa shape index (κ1) is 14.4. The highest BCUT2D eigenvalue weighted by atomic mass is 127. The van der Waals surface area contributed by atoms with Crippen LogP contribution in [0.15, 0.2) is 12.1 Å². The number of rotatable bonds is 4. The topological polar surface area (TPSA) is 59.6 Å². The summed E-state index contributed by atoms with van der Waals surface area (Å²) in [4.78, 5) is 12.2. The van der Waals surface area contributed by atoms with E-state index in [1.807, 2.05) is 0 Å². The molecule has 1 heterocycles. The molecule has 1 atom stereocenters. The van der Waals surface area contributed by atoms with Crippen LogP contribution in [0.2, 0.25) is 0 Å². The highest BCUT2D eigenvalue weighted by molar-refractivity contribution is 14.1. The minimum atomic E-state index is -0.0703. The van der Waals surface area contributed by atoms with E-state index >= 15 is 0 Å². The molecule has 0 aromatic heterocycles. The number of amides is 1. The average molecular weight is 376 g/mol. The molecule has 2 N–H and O–H groups in total. The molecule has 19 heavy (non-hydrogen) atoms. The molecule has 104 valence electrons. The Hall–Kier alpha value is -1.02. The van der Waals surface area contributed by atoms with Gasteiger partial charge in [0.2, 0.25) is 0 Å². The third-order valence-corrected chi connectivity index (χ3v) is 4.01. The van der Waals surface area contributed by atoms with Crippen LogP contribution in [0, 0.1) is 3.57 Å². The van der Waals surface area contributed by atoms with E-state index in [4.69, 9.17) is 9.47 Å². The van der Waals surface area contributed by atoms with Gasteiger partial charge in [0.1, 0.15) is 0 Å². The van der Waals surface area contributed by atoms with Gasteiger partial charge in [-0.25, -0.2) is 0 Å². The van der Waals surface area contributed by atoms with E-state index in [0.717, 1.165) is 23.1 Å². The number of ether oxygens (including phenoxy) is 2. The molecule has 0 saturated carbocycles. The Labute approximate surface area is 126 Å². The van der Waals surface area contributed by atoms with E-state index in [9.17, 15) is 4.79 Å². The van der Waals surface area contributed by atoms with Gasteiger partial charge in [0, 0.05) is 16.2 Å². The van der Waals surface area contributed by atoms with Crippen molar-refractivity contribution in [3.8, 4) is 11.5 Å². The predicted octanol–water partition coefficient (Wildman–Crippen LogP) is 1.40. The summed E-state index contributed by atoms with van der Waals surface area (Å²) >= 11 is 2.13. The number of halogens is 1. The molecule has 0 spiro atoms. The molecule has 1 fully saturated rings. The van der Waals surface area contributed by atoms with E-state index < -0.39 is 0 Å². The first-order valence-electron chi connectivity index (χ1n) is 6.08. The van der Waals surface area contributed by atoms with Gasteiger partial charge in [-0.2, -0.15) is 0 Å². The maximum absolute atomic E-state index is 12.2. The van der Waals surface area contributed by atoms with Crippen LogP contribution in [0.3, 0.4) is 0 Å². The predicted molar refractivity (Wildman–Crippen MR) is 81.0 cm³/mol. The summed E-state index contributed by atoms with van der Waals surface area (Å²) < 4.78 is 11.3. The van der Waals surface area contributed by atoms with Crippen LogP contribution >= 0.6 is 22.6 Å². The molecule has 1 saturated heterocycles. The first-order valence-corrected chi connectivity index (χ1v) is 7.16. The number of hydrogen-bond donors (Lipinski definition) is 2. The van der Waals surface area contributed by atoms with Gasteiger partial charge in [-0.05, 0) is 47.7 Å². The lowest BCUT2D eigenvalue weighted by Gasteiger charge is -2.14. The van der Waals surface area contributed by atoms with Gasteiger partial charge in [-0.3, -0.25) is 4.79 Å². The van der Waals surface area contributed by atoms with Gasteiger partial charge < -0.3 is 20.1 Å². The number of benzene rings is 1. The zero-order chi connectivity index (χ0) is 13.8. The summed E-state index contributed by atoms with van der Waals surface area (Å²) in [6, 6.07) is 3.73. The molecule has 1 aromatic carbocycles. The first-order chi connectivity index (χ1) is 9.15. The molecule has 1 unspecified atom stereocenters. The van der Waals surface area contributed by atoms with Crippen LogP contribution in [0.4, 0.5) is 0 Å².